The predicted octanol–water partition coefficient (Wildman–Crippen LogP) is 1.21. The van der Waals surface area contributed by atoms with Crippen LogP contribution in [-0.2, 0) is 0 Å². The number of carbonyl (C=O) groups excluding carboxylic acids is 1. The zero-order valence-electron chi connectivity index (χ0n) is 10.0. The molecule has 1 saturated heterocycles. The molecule has 2 unspecified atom stereocenters. The fourth-order valence-electron chi connectivity index (χ4n) is 1.93. The number of hydrogen-bond donors (Lipinski definition) is 3. The minimum absolute atomic E-state index is 0. The molecule has 7 heteroatoms. The minimum Gasteiger partial charge on any atom is -0.391 e. The largest absolute Gasteiger partial charge is 0.391 e. The lowest BCUT2D eigenvalue weighted by Gasteiger charge is -2.14. The number of amides is 1. The third kappa shape index (κ3) is 3.79. The highest BCUT2D eigenvalue weighted by Crippen LogP contribution is 2.19. The Morgan fingerprint density at radius 2 is 2.26 bits per heavy atom. The van der Waals surface area contributed by atoms with Gasteiger partial charge in [-0.05, 0) is 12.1 Å². The van der Waals surface area contributed by atoms with Gasteiger partial charge in [0.15, 0.2) is 0 Å². The molecule has 1 heterocycles. The molecular formula is C12H15Cl2FN2O2. The maximum atomic E-state index is 13.2. The molecule has 1 aliphatic rings. The third-order valence-corrected chi connectivity index (χ3v) is 3.41. The Balaban J connectivity index is 0.00000180. The van der Waals surface area contributed by atoms with Crippen LogP contribution in [0.1, 0.15) is 10.4 Å². The summed E-state index contributed by atoms with van der Waals surface area (Å²) in [5.41, 5.74) is 0.108. The zero-order valence-corrected chi connectivity index (χ0v) is 11.6. The number of aliphatic hydroxyl groups is 1. The Morgan fingerprint density at radius 1 is 1.53 bits per heavy atom. The molecule has 19 heavy (non-hydrogen) atoms. The van der Waals surface area contributed by atoms with Crippen molar-refractivity contribution < 1.29 is 14.3 Å². The van der Waals surface area contributed by atoms with Gasteiger partial charge < -0.3 is 15.7 Å². The van der Waals surface area contributed by atoms with Gasteiger partial charge in [-0.2, -0.15) is 0 Å². The van der Waals surface area contributed by atoms with Gasteiger partial charge in [0.2, 0.25) is 0 Å². The number of nitrogens with one attached hydrogen (secondary N) is 2. The summed E-state index contributed by atoms with van der Waals surface area (Å²) in [4.78, 5) is 11.8. The van der Waals surface area contributed by atoms with Crippen LogP contribution in [-0.4, -0.2) is 36.8 Å². The van der Waals surface area contributed by atoms with E-state index in [1.807, 2.05) is 0 Å². The summed E-state index contributed by atoms with van der Waals surface area (Å²) in [6.07, 6.45) is -0.465. The van der Waals surface area contributed by atoms with Crippen LogP contribution in [0.25, 0.3) is 0 Å². The van der Waals surface area contributed by atoms with Crippen LogP contribution in [0.2, 0.25) is 5.02 Å². The molecule has 1 aromatic carbocycles. The smallest absolute Gasteiger partial charge is 0.252 e. The van der Waals surface area contributed by atoms with Crippen LogP contribution in [0.15, 0.2) is 18.2 Å². The monoisotopic (exact) mass is 308 g/mol. The van der Waals surface area contributed by atoms with Crippen molar-refractivity contribution in [3.05, 3.63) is 34.6 Å². The van der Waals surface area contributed by atoms with E-state index < -0.39 is 17.8 Å². The van der Waals surface area contributed by atoms with Crippen LogP contribution in [0.5, 0.6) is 0 Å². The van der Waals surface area contributed by atoms with Crippen molar-refractivity contribution in [2.24, 2.45) is 5.92 Å². The highest BCUT2D eigenvalue weighted by molar-refractivity contribution is 6.34. The summed E-state index contributed by atoms with van der Waals surface area (Å²) in [6, 6.07) is 4.09. The molecule has 3 N–H and O–H groups in total. The third-order valence-electron chi connectivity index (χ3n) is 3.03. The molecule has 0 spiro atoms. The van der Waals surface area contributed by atoms with E-state index in [9.17, 15) is 14.3 Å². The number of carbonyl (C=O) groups is 1. The Morgan fingerprint density at radius 3 is 2.89 bits per heavy atom. The number of aliphatic hydroxyl groups excluding tert-OH is 1. The Hall–Kier alpha value is -0.880. The minimum atomic E-state index is -0.619. The summed E-state index contributed by atoms with van der Waals surface area (Å²) in [7, 11) is 0. The summed E-state index contributed by atoms with van der Waals surface area (Å²) >= 11 is 5.71. The van der Waals surface area contributed by atoms with Crippen molar-refractivity contribution in [1.29, 1.82) is 0 Å². The SMILES string of the molecule is Cl.O=C(NCC1CNCC1O)c1cccc(F)c1Cl. The van der Waals surface area contributed by atoms with Gasteiger partial charge >= 0.3 is 0 Å². The second-order valence-electron chi connectivity index (χ2n) is 4.30. The van der Waals surface area contributed by atoms with Gasteiger partial charge in [0.25, 0.3) is 5.91 Å². The van der Waals surface area contributed by atoms with E-state index >= 15 is 0 Å². The van der Waals surface area contributed by atoms with Crippen LogP contribution in [0, 0.1) is 11.7 Å². The summed E-state index contributed by atoms with van der Waals surface area (Å²) in [5, 5.41) is 15.1. The highest BCUT2D eigenvalue weighted by atomic mass is 35.5. The number of benzene rings is 1. The Bertz CT molecular complexity index is 459. The molecular weight excluding hydrogens is 294 g/mol. The van der Waals surface area contributed by atoms with Crippen molar-refractivity contribution >= 4 is 29.9 Å². The van der Waals surface area contributed by atoms with Crippen LogP contribution >= 0.6 is 24.0 Å². The zero-order chi connectivity index (χ0) is 13.1. The maximum absolute atomic E-state index is 13.2. The molecule has 1 fully saturated rings. The second kappa shape index (κ2) is 7.05. The second-order valence-corrected chi connectivity index (χ2v) is 4.68. The first-order chi connectivity index (χ1) is 8.59. The summed E-state index contributed by atoms with van der Waals surface area (Å²) in [6.45, 7) is 1.51. The Kier molecular flexibility index (Phi) is 6.00. The molecule has 4 nitrogen and oxygen atoms in total. The maximum Gasteiger partial charge on any atom is 0.252 e. The van der Waals surface area contributed by atoms with Crippen molar-refractivity contribution in [2.45, 2.75) is 6.10 Å². The normalized spacial score (nSPS) is 21.8. The van der Waals surface area contributed by atoms with E-state index in [0.717, 1.165) is 0 Å². The molecule has 1 aliphatic heterocycles. The van der Waals surface area contributed by atoms with E-state index in [-0.39, 0.29) is 28.9 Å². The van der Waals surface area contributed by atoms with E-state index in [4.69, 9.17) is 11.6 Å². The predicted molar refractivity (Wildman–Crippen MR) is 73.4 cm³/mol. The quantitative estimate of drug-likeness (QED) is 0.786. The van der Waals surface area contributed by atoms with Gasteiger partial charge in [-0.1, -0.05) is 17.7 Å². The van der Waals surface area contributed by atoms with E-state index in [2.05, 4.69) is 10.6 Å². The van der Waals surface area contributed by atoms with E-state index in [0.29, 0.717) is 19.6 Å². The van der Waals surface area contributed by atoms with Gasteiger partial charge in [-0.15, -0.1) is 12.4 Å². The van der Waals surface area contributed by atoms with Crippen LogP contribution in [0.4, 0.5) is 4.39 Å². The fraction of sp³-hybridized carbons (Fsp3) is 0.417. The van der Waals surface area contributed by atoms with Gasteiger partial charge in [0.1, 0.15) is 5.82 Å². The molecule has 0 radical (unpaired) electrons. The standard InChI is InChI=1S/C12H14ClFN2O2.ClH/c13-11-8(2-1-3-9(11)14)12(18)16-5-7-4-15-6-10(7)17;/h1-3,7,10,15,17H,4-6H2,(H,16,18);1H. The first-order valence-electron chi connectivity index (χ1n) is 5.70. The van der Waals surface area contributed by atoms with Crippen molar-refractivity contribution in [1.82, 2.24) is 10.6 Å². The molecule has 106 valence electrons. The van der Waals surface area contributed by atoms with E-state index in [1.165, 1.54) is 18.2 Å². The van der Waals surface area contributed by atoms with Crippen molar-refractivity contribution in [3.8, 4) is 0 Å². The molecule has 1 amide bonds. The molecule has 0 saturated carbocycles. The van der Waals surface area contributed by atoms with Gasteiger partial charge in [-0.3, -0.25) is 4.79 Å². The highest BCUT2D eigenvalue weighted by Gasteiger charge is 2.25. The lowest BCUT2D eigenvalue weighted by atomic mass is 10.1. The fourth-order valence-corrected chi connectivity index (χ4v) is 2.14. The summed E-state index contributed by atoms with van der Waals surface area (Å²) in [5.74, 6) is -1.08. The van der Waals surface area contributed by atoms with Crippen LogP contribution in [0.3, 0.4) is 0 Å². The number of halogens is 3. The lowest BCUT2D eigenvalue weighted by molar-refractivity contribution is 0.0927. The van der Waals surface area contributed by atoms with Crippen molar-refractivity contribution in [3.63, 3.8) is 0 Å². The van der Waals surface area contributed by atoms with Crippen LogP contribution < -0.4 is 10.6 Å². The molecule has 2 rings (SSSR count). The molecule has 0 bridgehead atoms. The summed E-state index contributed by atoms with van der Waals surface area (Å²) < 4.78 is 13.2. The number of rotatable bonds is 3. The van der Waals surface area contributed by atoms with E-state index in [1.54, 1.807) is 0 Å². The van der Waals surface area contributed by atoms with Crippen molar-refractivity contribution in [2.75, 3.05) is 19.6 Å². The average Bonchev–Trinajstić information content (AvgIpc) is 2.75. The first kappa shape index (κ1) is 16.2. The molecule has 0 aromatic heterocycles. The number of β-amino-alcohol motifs (C(OH)–C–C–N with tert-alkyl or cyclic N) is 1. The van der Waals surface area contributed by atoms with Gasteiger partial charge in [0.05, 0.1) is 16.7 Å². The lowest BCUT2D eigenvalue weighted by Crippen LogP contribution is -2.34. The van der Waals surface area contributed by atoms with Gasteiger partial charge in [-0.25, -0.2) is 4.39 Å². The number of hydrogen-bond acceptors (Lipinski definition) is 3. The molecule has 0 aliphatic carbocycles. The Labute approximate surface area is 121 Å². The molecule has 2 atom stereocenters. The molecule has 1 aromatic rings. The topological polar surface area (TPSA) is 61.4 Å². The average molecular weight is 309 g/mol. The van der Waals surface area contributed by atoms with Gasteiger partial charge in [0, 0.05) is 25.6 Å². The first-order valence-corrected chi connectivity index (χ1v) is 6.08.